The third kappa shape index (κ3) is 3.27. The second kappa shape index (κ2) is 5.16. The molecule has 0 heterocycles. The van der Waals surface area contributed by atoms with Crippen molar-refractivity contribution in [2.24, 2.45) is 5.73 Å². The number of carbonyl (C=O) groups is 1. The molecule has 0 radical (unpaired) electrons. The summed E-state index contributed by atoms with van der Waals surface area (Å²) in [7, 11) is 0. The number of nitrogens with one attached hydrogen (secondary N) is 1. The van der Waals surface area contributed by atoms with Crippen molar-refractivity contribution in [2.45, 2.75) is 13.5 Å². The first kappa shape index (κ1) is 12.0. The Morgan fingerprint density at radius 1 is 1.56 bits per heavy atom. The van der Waals surface area contributed by atoms with Crippen LogP contribution in [0.4, 0.5) is 4.39 Å². The Labute approximate surface area is 92.6 Å². The van der Waals surface area contributed by atoms with Crippen LogP contribution in [0.5, 0.6) is 0 Å². The molecule has 0 spiro atoms. The standard InChI is InChI=1S/C11H13FN2O2/c1-7(10(13)11(15)16)14-6-8-3-2-4-9(12)5-8/h2-5,14H,6,13H2,1H3,(H,15,16)/b10-7-. The van der Waals surface area contributed by atoms with E-state index in [0.717, 1.165) is 5.56 Å². The van der Waals surface area contributed by atoms with E-state index in [1.165, 1.54) is 12.1 Å². The lowest BCUT2D eigenvalue weighted by Gasteiger charge is -2.08. The van der Waals surface area contributed by atoms with E-state index in [2.05, 4.69) is 5.32 Å². The fourth-order valence-electron chi connectivity index (χ4n) is 1.14. The minimum absolute atomic E-state index is 0.239. The Kier molecular flexibility index (Phi) is 3.88. The minimum Gasteiger partial charge on any atom is -0.477 e. The molecule has 0 fully saturated rings. The van der Waals surface area contributed by atoms with E-state index < -0.39 is 5.97 Å². The lowest BCUT2D eigenvalue weighted by Crippen LogP contribution is -2.20. The summed E-state index contributed by atoms with van der Waals surface area (Å²) in [6, 6.07) is 6.04. The molecule has 0 unspecified atom stereocenters. The van der Waals surface area contributed by atoms with E-state index in [1.807, 2.05) is 0 Å². The summed E-state index contributed by atoms with van der Waals surface area (Å²) in [6.07, 6.45) is 0. The van der Waals surface area contributed by atoms with E-state index in [0.29, 0.717) is 12.2 Å². The zero-order chi connectivity index (χ0) is 12.1. The van der Waals surface area contributed by atoms with Crippen LogP contribution in [0, 0.1) is 5.82 Å². The smallest absolute Gasteiger partial charge is 0.353 e. The lowest BCUT2D eigenvalue weighted by molar-refractivity contribution is -0.132. The van der Waals surface area contributed by atoms with Crippen molar-refractivity contribution in [1.29, 1.82) is 0 Å². The third-order valence-corrected chi connectivity index (χ3v) is 2.08. The maximum atomic E-state index is 12.8. The van der Waals surface area contributed by atoms with Crippen LogP contribution in [-0.2, 0) is 11.3 Å². The first-order valence-electron chi connectivity index (χ1n) is 4.68. The van der Waals surface area contributed by atoms with Gasteiger partial charge in [0.15, 0.2) is 0 Å². The van der Waals surface area contributed by atoms with Crippen molar-refractivity contribution < 1.29 is 14.3 Å². The van der Waals surface area contributed by atoms with Gasteiger partial charge in [0.2, 0.25) is 0 Å². The van der Waals surface area contributed by atoms with Crippen molar-refractivity contribution in [3.8, 4) is 0 Å². The summed E-state index contributed by atoms with van der Waals surface area (Å²) >= 11 is 0. The van der Waals surface area contributed by atoms with E-state index in [9.17, 15) is 9.18 Å². The van der Waals surface area contributed by atoms with Gasteiger partial charge in [0, 0.05) is 12.2 Å². The fourth-order valence-corrected chi connectivity index (χ4v) is 1.14. The second-order valence-corrected chi connectivity index (χ2v) is 3.33. The van der Waals surface area contributed by atoms with Crippen LogP contribution in [0.15, 0.2) is 35.7 Å². The molecule has 0 atom stereocenters. The molecular weight excluding hydrogens is 211 g/mol. The van der Waals surface area contributed by atoms with Crippen molar-refractivity contribution in [3.63, 3.8) is 0 Å². The Morgan fingerprint density at radius 2 is 2.25 bits per heavy atom. The van der Waals surface area contributed by atoms with Crippen LogP contribution in [0.2, 0.25) is 0 Å². The Morgan fingerprint density at radius 3 is 2.81 bits per heavy atom. The maximum Gasteiger partial charge on any atom is 0.353 e. The number of nitrogens with two attached hydrogens (primary N) is 1. The van der Waals surface area contributed by atoms with Gasteiger partial charge in [-0.3, -0.25) is 0 Å². The summed E-state index contributed by atoms with van der Waals surface area (Å²) in [5.74, 6) is -1.50. The van der Waals surface area contributed by atoms with Gasteiger partial charge in [0.25, 0.3) is 0 Å². The van der Waals surface area contributed by atoms with Gasteiger partial charge >= 0.3 is 5.97 Å². The molecule has 1 aromatic rings. The van der Waals surface area contributed by atoms with Gasteiger partial charge in [-0.25, -0.2) is 9.18 Å². The summed E-state index contributed by atoms with van der Waals surface area (Å²) in [5.41, 5.74) is 6.14. The van der Waals surface area contributed by atoms with E-state index in [-0.39, 0.29) is 11.5 Å². The number of allylic oxidation sites excluding steroid dienone is 1. The molecule has 5 heteroatoms. The van der Waals surface area contributed by atoms with Crippen molar-refractivity contribution in [1.82, 2.24) is 5.32 Å². The number of hydrogen-bond donors (Lipinski definition) is 3. The van der Waals surface area contributed by atoms with Crippen LogP contribution in [0.3, 0.4) is 0 Å². The molecular formula is C11H13FN2O2. The summed E-state index contributed by atoms with van der Waals surface area (Å²) < 4.78 is 12.8. The normalized spacial score (nSPS) is 11.9. The van der Waals surface area contributed by atoms with Gasteiger partial charge < -0.3 is 16.2 Å². The molecule has 1 aromatic carbocycles. The molecule has 0 amide bonds. The molecule has 0 aromatic heterocycles. The minimum atomic E-state index is -1.18. The topological polar surface area (TPSA) is 75.3 Å². The third-order valence-electron chi connectivity index (χ3n) is 2.08. The van der Waals surface area contributed by atoms with Gasteiger partial charge in [-0.1, -0.05) is 12.1 Å². The second-order valence-electron chi connectivity index (χ2n) is 3.33. The van der Waals surface area contributed by atoms with Gasteiger partial charge in [-0.15, -0.1) is 0 Å². The number of hydrogen-bond acceptors (Lipinski definition) is 3. The summed E-state index contributed by atoms with van der Waals surface area (Å²) in [4.78, 5) is 10.5. The van der Waals surface area contributed by atoms with E-state index >= 15 is 0 Å². The molecule has 0 bridgehead atoms. The predicted octanol–water partition coefficient (Wildman–Crippen LogP) is 1.19. The zero-order valence-electron chi connectivity index (χ0n) is 8.83. The highest BCUT2D eigenvalue weighted by molar-refractivity contribution is 5.86. The average molecular weight is 224 g/mol. The lowest BCUT2D eigenvalue weighted by atomic mass is 10.2. The van der Waals surface area contributed by atoms with Crippen molar-refractivity contribution >= 4 is 5.97 Å². The quantitative estimate of drug-likeness (QED) is 0.671. The Hall–Kier alpha value is -2.04. The average Bonchev–Trinajstić information content (AvgIpc) is 2.24. The molecule has 4 N–H and O–H groups in total. The van der Waals surface area contributed by atoms with Crippen LogP contribution in [-0.4, -0.2) is 11.1 Å². The zero-order valence-corrected chi connectivity index (χ0v) is 8.83. The number of rotatable bonds is 4. The van der Waals surface area contributed by atoms with Crippen LogP contribution >= 0.6 is 0 Å². The monoisotopic (exact) mass is 224 g/mol. The van der Waals surface area contributed by atoms with E-state index in [4.69, 9.17) is 10.8 Å². The highest BCUT2D eigenvalue weighted by Crippen LogP contribution is 2.04. The van der Waals surface area contributed by atoms with Crippen molar-refractivity contribution in [3.05, 3.63) is 47.0 Å². The molecule has 0 aliphatic rings. The molecule has 0 saturated carbocycles. The predicted molar refractivity (Wildman–Crippen MR) is 57.8 cm³/mol. The summed E-state index contributed by atoms with van der Waals surface area (Å²) in [5, 5.41) is 11.4. The Bertz CT molecular complexity index is 430. The summed E-state index contributed by atoms with van der Waals surface area (Å²) in [6.45, 7) is 1.89. The number of aliphatic carboxylic acids is 1. The van der Waals surface area contributed by atoms with Crippen LogP contribution in [0.1, 0.15) is 12.5 Å². The number of halogens is 1. The SMILES string of the molecule is C/C(NCc1cccc(F)c1)=C(/N)C(=O)O. The Balaban J connectivity index is 2.65. The molecule has 0 aliphatic carbocycles. The fraction of sp³-hybridized carbons (Fsp3) is 0.182. The van der Waals surface area contributed by atoms with E-state index in [1.54, 1.807) is 19.1 Å². The van der Waals surface area contributed by atoms with Crippen LogP contribution < -0.4 is 11.1 Å². The molecule has 4 nitrogen and oxygen atoms in total. The van der Waals surface area contributed by atoms with Gasteiger partial charge in [0.05, 0.1) is 0 Å². The molecule has 86 valence electrons. The highest BCUT2D eigenvalue weighted by Gasteiger charge is 2.05. The van der Waals surface area contributed by atoms with Gasteiger partial charge in [-0.2, -0.15) is 0 Å². The first-order chi connectivity index (χ1) is 7.50. The maximum absolute atomic E-state index is 12.8. The van der Waals surface area contributed by atoms with Crippen LogP contribution in [0.25, 0.3) is 0 Å². The molecule has 1 rings (SSSR count). The molecule has 0 aliphatic heterocycles. The van der Waals surface area contributed by atoms with Gasteiger partial charge in [-0.05, 0) is 24.6 Å². The number of carboxylic acids is 1. The van der Waals surface area contributed by atoms with Gasteiger partial charge in [0.1, 0.15) is 11.5 Å². The number of carboxylic acid groups (broad SMARTS) is 1. The number of benzene rings is 1. The molecule has 0 saturated heterocycles. The molecule has 16 heavy (non-hydrogen) atoms. The highest BCUT2D eigenvalue weighted by atomic mass is 19.1. The first-order valence-corrected chi connectivity index (χ1v) is 4.68. The largest absolute Gasteiger partial charge is 0.477 e. The van der Waals surface area contributed by atoms with Crippen molar-refractivity contribution in [2.75, 3.05) is 0 Å².